The molecule has 0 aliphatic heterocycles. The van der Waals surface area contributed by atoms with Crippen LogP contribution in [0.3, 0.4) is 0 Å². The molecule has 0 unspecified atom stereocenters. The van der Waals surface area contributed by atoms with Crippen molar-refractivity contribution in [3.63, 3.8) is 0 Å². The Balaban J connectivity index is 1.87. The molecule has 0 aliphatic rings. The fraction of sp³-hybridized carbons (Fsp3) is 0.143. The number of nitrogens with zero attached hydrogens (tertiary/aromatic N) is 3. The number of imidazole rings is 1. The Morgan fingerprint density at radius 2 is 2.12 bits per heavy atom. The molecular weight excluding hydrogens is 308 g/mol. The van der Waals surface area contributed by atoms with Crippen LogP contribution in [-0.4, -0.2) is 14.5 Å². The Labute approximate surface area is 146 Å². The van der Waals surface area contributed by atoms with Crippen LogP contribution in [0.5, 0.6) is 0 Å². The van der Waals surface area contributed by atoms with Crippen molar-refractivity contribution in [2.24, 2.45) is 0 Å². The number of nitrogens with one attached hydrogen (secondary N) is 1. The molecular formula is C21H18N4. The van der Waals surface area contributed by atoms with Crippen molar-refractivity contribution in [3.8, 4) is 6.07 Å². The first-order valence-corrected chi connectivity index (χ1v) is 8.36. The van der Waals surface area contributed by atoms with Gasteiger partial charge in [-0.1, -0.05) is 24.3 Å². The molecule has 2 aromatic heterocycles. The number of aromatic nitrogens is 3. The van der Waals surface area contributed by atoms with E-state index in [2.05, 4.69) is 45.9 Å². The third-order valence-corrected chi connectivity index (χ3v) is 4.47. The Morgan fingerprint density at radius 3 is 2.92 bits per heavy atom. The van der Waals surface area contributed by atoms with Crippen LogP contribution < -0.4 is 0 Å². The Morgan fingerprint density at radius 1 is 1.28 bits per heavy atom. The number of para-hydroxylation sites is 1. The molecule has 2 heterocycles. The molecule has 0 atom stereocenters. The van der Waals surface area contributed by atoms with Crippen molar-refractivity contribution < 1.29 is 0 Å². The van der Waals surface area contributed by atoms with Crippen molar-refractivity contribution >= 4 is 33.6 Å². The number of hydrogen-bond donors (Lipinski definition) is 1. The maximum absolute atomic E-state index is 9.67. The molecule has 25 heavy (non-hydrogen) atoms. The van der Waals surface area contributed by atoms with E-state index in [1.54, 1.807) is 0 Å². The van der Waals surface area contributed by atoms with Gasteiger partial charge in [-0.2, -0.15) is 5.26 Å². The number of aryl methyl sites for hydroxylation is 2. The lowest BCUT2D eigenvalue weighted by molar-refractivity contribution is 0.797. The molecule has 0 aliphatic carbocycles. The van der Waals surface area contributed by atoms with Gasteiger partial charge in [-0.25, -0.2) is 4.98 Å². The fourth-order valence-corrected chi connectivity index (χ4v) is 3.21. The van der Waals surface area contributed by atoms with E-state index in [-0.39, 0.29) is 0 Å². The third kappa shape index (κ3) is 2.60. The van der Waals surface area contributed by atoms with E-state index in [0.717, 1.165) is 34.1 Å². The lowest BCUT2D eigenvalue weighted by atomic mass is 10.1. The molecule has 122 valence electrons. The van der Waals surface area contributed by atoms with Gasteiger partial charge < -0.3 is 9.55 Å². The van der Waals surface area contributed by atoms with E-state index in [1.165, 1.54) is 5.52 Å². The average molecular weight is 326 g/mol. The van der Waals surface area contributed by atoms with Crippen LogP contribution in [0.1, 0.15) is 23.9 Å². The summed E-state index contributed by atoms with van der Waals surface area (Å²) in [5.74, 6) is 0.608. The monoisotopic (exact) mass is 326 g/mol. The standard InChI is InChI=1S/C21H18N4/c1-3-25-13-16(17-6-4-5-7-20(17)25)11-15(12-22)21-23-18-9-8-14(2)10-19(18)24-21/h4-11,13H,3H2,1-2H3,(H,23,24)/b15-11-. The van der Waals surface area contributed by atoms with Gasteiger partial charge in [0.25, 0.3) is 0 Å². The average Bonchev–Trinajstić information content (AvgIpc) is 3.20. The molecule has 0 saturated heterocycles. The number of benzene rings is 2. The second-order valence-corrected chi connectivity index (χ2v) is 6.16. The van der Waals surface area contributed by atoms with Gasteiger partial charge in [-0.3, -0.25) is 0 Å². The molecule has 0 fully saturated rings. The molecule has 0 amide bonds. The molecule has 4 aromatic rings. The smallest absolute Gasteiger partial charge is 0.149 e. The summed E-state index contributed by atoms with van der Waals surface area (Å²) >= 11 is 0. The molecule has 0 bridgehead atoms. The number of aromatic amines is 1. The predicted molar refractivity (Wildman–Crippen MR) is 102 cm³/mol. The summed E-state index contributed by atoms with van der Waals surface area (Å²) in [4.78, 5) is 7.84. The maximum atomic E-state index is 9.67. The number of nitriles is 1. The third-order valence-electron chi connectivity index (χ3n) is 4.47. The van der Waals surface area contributed by atoms with E-state index < -0.39 is 0 Å². The van der Waals surface area contributed by atoms with Crippen molar-refractivity contribution in [1.82, 2.24) is 14.5 Å². The summed E-state index contributed by atoms with van der Waals surface area (Å²) in [6, 6.07) is 16.6. The van der Waals surface area contributed by atoms with Crippen LogP contribution in [0.15, 0.2) is 48.7 Å². The van der Waals surface area contributed by atoms with Crippen LogP contribution in [-0.2, 0) is 6.54 Å². The normalized spacial score (nSPS) is 12.0. The van der Waals surface area contributed by atoms with Crippen LogP contribution in [0, 0.1) is 18.3 Å². The first-order valence-electron chi connectivity index (χ1n) is 8.36. The topological polar surface area (TPSA) is 57.4 Å². The minimum absolute atomic E-state index is 0.535. The van der Waals surface area contributed by atoms with Gasteiger partial charge in [0.05, 0.1) is 16.6 Å². The molecule has 1 N–H and O–H groups in total. The highest BCUT2D eigenvalue weighted by Crippen LogP contribution is 2.26. The summed E-state index contributed by atoms with van der Waals surface area (Å²) in [6.45, 7) is 5.05. The minimum Gasteiger partial charge on any atom is -0.347 e. The van der Waals surface area contributed by atoms with E-state index in [4.69, 9.17) is 0 Å². The number of allylic oxidation sites excluding steroid dienone is 1. The molecule has 4 rings (SSSR count). The van der Waals surface area contributed by atoms with Crippen LogP contribution in [0.2, 0.25) is 0 Å². The number of fused-ring (bicyclic) bond motifs is 2. The highest BCUT2D eigenvalue weighted by atomic mass is 14.9. The van der Waals surface area contributed by atoms with Gasteiger partial charge in [-0.15, -0.1) is 0 Å². The van der Waals surface area contributed by atoms with Gasteiger partial charge in [0.2, 0.25) is 0 Å². The Hall–Kier alpha value is -3.32. The number of hydrogen-bond acceptors (Lipinski definition) is 2. The zero-order valence-electron chi connectivity index (χ0n) is 14.2. The van der Waals surface area contributed by atoms with Crippen LogP contribution in [0.25, 0.3) is 33.6 Å². The zero-order chi connectivity index (χ0) is 17.4. The second kappa shape index (κ2) is 5.95. The molecule has 0 saturated carbocycles. The zero-order valence-corrected chi connectivity index (χ0v) is 14.2. The summed E-state index contributed by atoms with van der Waals surface area (Å²) in [5.41, 5.74) is 5.73. The van der Waals surface area contributed by atoms with Gasteiger partial charge in [0.15, 0.2) is 0 Å². The van der Waals surface area contributed by atoms with Gasteiger partial charge in [0.1, 0.15) is 11.9 Å². The van der Waals surface area contributed by atoms with Crippen molar-refractivity contribution in [2.45, 2.75) is 20.4 Å². The first kappa shape index (κ1) is 15.2. The summed E-state index contributed by atoms with van der Waals surface area (Å²) in [7, 11) is 0. The molecule has 0 spiro atoms. The fourth-order valence-electron chi connectivity index (χ4n) is 3.21. The van der Waals surface area contributed by atoms with Crippen molar-refractivity contribution in [2.75, 3.05) is 0 Å². The summed E-state index contributed by atoms with van der Waals surface area (Å²) < 4.78 is 2.19. The summed E-state index contributed by atoms with van der Waals surface area (Å²) in [6.07, 6.45) is 4.01. The van der Waals surface area contributed by atoms with Gasteiger partial charge in [-0.05, 0) is 43.7 Å². The van der Waals surface area contributed by atoms with Gasteiger partial charge >= 0.3 is 0 Å². The Bertz CT molecular complexity index is 1150. The highest BCUT2D eigenvalue weighted by Gasteiger charge is 2.11. The quantitative estimate of drug-likeness (QED) is 0.544. The van der Waals surface area contributed by atoms with Crippen LogP contribution >= 0.6 is 0 Å². The largest absolute Gasteiger partial charge is 0.347 e. The van der Waals surface area contributed by atoms with E-state index in [1.807, 2.05) is 43.3 Å². The molecule has 0 radical (unpaired) electrons. The Kier molecular flexibility index (Phi) is 3.62. The lowest BCUT2D eigenvalue weighted by Crippen LogP contribution is -1.89. The molecule has 4 nitrogen and oxygen atoms in total. The lowest BCUT2D eigenvalue weighted by Gasteiger charge is -1.97. The summed E-state index contributed by atoms with van der Waals surface area (Å²) in [5, 5.41) is 10.8. The minimum atomic E-state index is 0.535. The first-order chi connectivity index (χ1) is 12.2. The number of rotatable bonds is 3. The van der Waals surface area contributed by atoms with E-state index >= 15 is 0 Å². The molecule has 2 aromatic carbocycles. The highest BCUT2D eigenvalue weighted by molar-refractivity contribution is 5.98. The second-order valence-electron chi connectivity index (χ2n) is 6.16. The van der Waals surface area contributed by atoms with Crippen molar-refractivity contribution in [1.29, 1.82) is 5.26 Å². The SMILES string of the molecule is CCn1cc(/C=C(/C#N)c2nc3ccc(C)cc3[nH]2)c2ccccc21. The molecule has 4 heteroatoms. The predicted octanol–water partition coefficient (Wildman–Crippen LogP) is 4.91. The van der Waals surface area contributed by atoms with Crippen LogP contribution in [0.4, 0.5) is 0 Å². The van der Waals surface area contributed by atoms with Crippen molar-refractivity contribution in [3.05, 3.63) is 65.6 Å². The van der Waals surface area contributed by atoms with Gasteiger partial charge in [0, 0.05) is 29.2 Å². The van der Waals surface area contributed by atoms with E-state index in [9.17, 15) is 5.26 Å². The maximum Gasteiger partial charge on any atom is 0.149 e. The number of H-pyrrole nitrogens is 1. The van der Waals surface area contributed by atoms with E-state index in [0.29, 0.717) is 11.4 Å².